The molecular weight excluding hydrogens is 1790 g/mol. The Morgan fingerprint density at radius 3 is 1.15 bits per heavy atom. The van der Waals surface area contributed by atoms with Crippen molar-refractivity contribution in [2.45, 2.75) is 223 Å². The summed E-state index contributed by atoms with van der Waals surface area (Å²) in [5.41, 5.74) is 9.39. The zero-order chi connectivity index (χ0) is 100. The van der Waals surface area contributed by atoms with Gasteiger partial charge in [-0.1, -0.05) is 151 Å². The number of aliphatic hydroxyl groups excluding tert-OH is 5. The number of rotatable bonds is 23. The maximum absolute atomic E-state index is 15.3. The number of amides is 16. The van der Waals surface area contributed by atoms with E-state index in [1.54, 1.807) is 151 Å². The van der Waals surface area contributed by atoms with E-state index in [1.807, 2.05) is 0 Å². The van der Waals surface area contributed by atoms with Crippen molar-refractivity contribution in [1.82, 2.24) is 94.3 Å². The molecule has 16 amide bonds. The first-order chi connectivity index (χ1) is 65.1. The van der Waals surface area contributed by atoms with Gasteiger partial charge in [0.1, 0.15) is 90.3 Å². The quantitative estimate of drug-likeness (QED) is 0.0332. The van der Waals surface area contributed by atoms with E-state index in [-0.39, 0.29) is 37.9 Å². The number of phenolic OH excluding ortho intramolecular Hbond substituents is 1. The Morgan fingerprint density at radius 1 is 0.409 bits per heavy atom. The highest BCUT2D eigenvalue weighted by molar-refractivity contribution is 8.00. The van der Waals surface area contributed by atoms with Crippen LogP contribution < -0.4 is 80.2 Å². The molecule has 0 unspecified atom stereocenters. The molecule has 4 heterocycles. The highest BCUT2D eigenvalue weighted by Crippen LogP contribution is 2.26. The van der Waals surface area contributed by atoms with Gasteiger partial charge in [-0.05, 0) is 104 Å². The Hall–Kier alpha value is -13.8. The van der Waals surface area contributed by atoms with Gasteiger partial charge in [-0.25, -0.2) is 0 Å². The maximum atomic E-state index is 15.3. The molecule has 41 nitrogen and oxygen atoms in total. The first kappa shape index (κ1) is 107. The number of likely N-dealkylation sites (N-methyl/N-ethyl adjacent to an activating group) is 1. The fourth-order valence-electron chi connectivity index (χ4n) is 15.6. The number of hydrogen-bond acceptors (Lipinski definition) is 23. The van der Waals surface area contributed by atoms with Gasteiger partial charge < -0.3 is 131 Å². The fraction of sp³-hybridized carbons (Fsp3) is 0.453. The molecule has 42 heteroatoms. The summed E-state index contributed by atoms with van der Waals surface area (Å²) >= 11 is 0.664. The van der Waals surface area contributed by atoms with Crippen molar-refractivity contribution in [3.63, 3.8) is 0 Å². The summed E-state index contributed by atoms with van der Waals surface area (Å²) < 4.78 is 0. The van der Waals surface area contributed by atoms with Crippen LogP contribution in [-0.4, -0.2) is 286 Å². The lowest BCUT2D eigenvalue weighted by molar-refractivity contribution is -0.141. The molecule has 20 atom stereocenters. The fourth-order valence-corrected chi connectivity index (χ4v) is 16.5. The van der Waals surface area contributed by atoms with Crippen LogP contribution in [-0.2, 0) is 109 Å². The molecule has 0 bridgehead atoms. The van der Waals surface area contributed by atoms with E-state index < -0.39 is 259 Å². The predicted octanol–water partition coefficient (Wildman–Crippen LogP) is -1.91. The van der Waals surface area contributed by atoms with Crippen molar-refractivity contribution in [1.29, 1.82) is 0 Å². The standard InChI is InChI=1S/C95H125N19O22S/c1-12-48(5)76-91(132)110-77(49(6)13-2)90(131)108-75(47(3)4)95(136)114(11)43-73(121)107-79(51(8)117)92(133)103-69(38-57-41-98-64-29-21-18-26-61(57)64)86(127)113-81(53(10)119)94(135)104-70(39-58-42-99-65-30-22-19-27-62(58)65)87(128)112-80(52(9)118)93(134)102-68(37-56-40-97-63-28-20-17-25-60(56)63)84(125)105-71(44-115)88(129)106-72(89(130)111-78(50(7)116)82(96)123)45-137-46-74(122)100-66(36-55-31-33-59(120)34-32-55)83(124)101-67(85(126)109-76)35-54-23-15-14-16-24-54/h14-34,40-42,47-53,66-72,75-81,97-99,115-120H,12-13,35-39,43-46H2,1-11H3,(H2,96,123)(H,100,122)(H,101,124)(H,102,134)(H,103,133)(H,104,135)(H,105,125)(H,106,129)(H,107,121)(H,108,131)(H,109,126)(H,110,132)(H,111,130)(H,112,128)(H,113,127)/t48-,49-,50+,51+,52+,53+,66+,67-,68-,69-,70-,71-,72-,75-,76-,77-,78-,79-,80-,81-/m1/s1. The maximum Gasteiger partial charge on any atom is 0.245 e. The molecule has 137 heavy (non-hydrogen) atoms. The highest BCUT2D eigenvalue weighted by atomic mass is 32.2. The number of aromatic hydroxyl groups is 1. The van der Waals surface area contributed by atoms with Gasteiger partial charge in [-0.2, -0.15) is 0 Å². The zero-order valence-electron chi connectivity index (χ0n) is 77.9. The smallest absolute Gasteiger partial charge is 0.245 e. The third-order valence-corrected chi connectivity index (χ3v) is 25.0. The lowest BCUT2D eigenvalue weighted by Crippen LogP contribution is -2.64. The van der Waals surface area contributed by atoms with Crippen molar-refractivity contribution in [2.75, 3.05) is 31.7 Å². The number of benzene rings is 5. The van der Waals surface area contributed by atoms with Crippen LogP contribution in [0.5, 0.6) is 5.75 Å². The summed E-state index contributed by atoms with van der Waals surface area (Å²) in [5, 5.41) is 104. The van der Waals surface area contributed by atoms with Crippen LogP contribution in [0.2, 0.25) is 0 Å². The van der Waals surface area contributed by atoms with Gasteiger partial charge in [0.2, 0.25) is 94.5 Å². The Balaban J connectivity index is 1.10. The molecule has 3 aromatic heterocycles. The molecule has 0 spiro atoms. The molecule has 0 saturated carbocycles. The Kier molecular flexibility index (Phi) is 39.1. The van der Waals surface area contributed by atoms with Gasteiger partial charge in [-0.15, -0.1) is 11.8 Å². The number of fused-ring (bicyclic) bond motifs is 3. The monoisotopic (exact) mass is 1920 g/mol. The van der Waals surface area contributed by atoms with Crippen molar-refractivity contribution in [3.8, 4) is 5.75 Å². The third-order valence-electron chi connectivity index (χ3n) is 24.0. The second-order valence-electron chi connectivity index (χ2n) is 35.0. The third kappa shape index (κ3) is 29.6. The zero-order valence-corrected chi connectivity index (χ0v) is 78.7. The molecule has 1 saturated heterocycles. The van der Waals surface area contributed by atoms with Crippen LogP contribution in [0, 0.1) is 17.8 Å². The molecule has 0 radical (unpaired) electrons. The van der Waals surface area contributed by atoms with Gasteiger partial charge >= 0.3 is 0 Å². The first-order valence-corrected chi connectivity index (χ1v) is 46.4. The molecule has 9 rings (SSSR count). The summed E-state index contributed by atoms with van der Waals surface area (Å²) in [6.45, 7) is 12.5. The number of carbonyl (C=O) groups excluding carboxylic acids is 16. The molecule has 5 aromatic carbocycles. The number of thioether (sulfide) groups is 1. The average molecular weight is 1920 g/mol. The first-order valence-electron chi connectivity index (χ1n) is 45.2. The highest BCUT2D eigenvalue weighted by Gasteiger charge is 2.43. The number of aromatic nitrogens is 3. The number of nitrogens with two attached hydrogens (primary N) is 1. The minimum Gasteiger partial charge on any atom is -0.508 e. The van der Waals surface area contributed by atoms with Crippen LogP contribution in [0.1, 0.15) is 110 Å². The van der Waals surface area contributed by atoms with E-state index in [2.05, 4.69) is 89.4 Å². The normalized spacial score (nSPS) is 24.2. The number of primary amides is 1. The summed E-state index contributed by atoms with van der Waals surface area (Å²) in [5.74, 6) is -20.7. The van der Waals surface area contributed by atoms with Gasteiger partial charge in [0.15, 0.2) is 0 Å². The number of H-pyrrole nitrogens is 3. The number of nitrogens with one attached hydrogen (secondary N) is 17. The Labute approximate surface area is 794 Å². The van der Waals surface area contributed by atoms with E-state index in [4.69, 9.17) is 5.73 Å². The SMILES string of the molecule is CC[C@@H](C)[C@H]1NC(=O)[C@@H](Cc2ccccc2)NC(=O)[C@H](Cc2ccc(O)cc2)NC(=O)CSC[C@H](C(=O)N[C@@H](C(N)=O)[C@H](C)O)NC(=O)[C@@H](CO)NC(=O)[C@@H](Cc2c[nH]c3ccccc23)NC(=O)[C@@H]([C@H](C)O)NC(=O)[C@@H](Cc2c[nH]c3ccccc23)NC(=O)[C@@H]([C@H](C)O)NC(=O)[C@@H](Cc2c[nH]c3ccccc23)NC(=O)[C@@H]([C@H](C)O)NC(=O)CN(C)C(=O)[C@@H](C(C)C)NC(=O)[C@@H]([C@H](C)CC)NC1=O. The van der Waals surface area contributed by atoms with Crippen molar-refractivity contribution in [3.05, 3.63) is 174 Å². The molecule has 1 fully saturated rings. The number of para-hydroxylation sites is 3. The van der Waals surface area contributed by atoms with Crippen molar-refractivity contribution in [2.24, 2.45) is 23.5 Å². The molecule has 1 aliphatic rings. The molecule has 8 aromatic rings. The van der Waals surface area contributed by atoms with Gasteiger partial charge in [0.05, 0.1) is 43.3 Å². The predicted molar refractivity (Wildman–Crippen MR) is 507 cm³/mol. The van der Waals surface area contributed by atoms with E-state index in [9.17, 15) is 69.0 Å². The van der Waals surface area contributed by atoms with Gasteiger partial charge in [0.25, 0.3) is 0 Å². The van der Waals surface area contributed by atoms with E-state index in [0.717, 1.165) is 32.6 Å². The number of aromatic amines is 3. The molecular formula is C95H125N19O22S. The minimum atomic E-state index is -2.04. The van der Waals surface area contributed by atoms with Crippen LogP contribution >= 0.6 is 11.8 Å². The van der Waals surface area contributed by atoms with Gasteiger partial charge in [0, 0.05) is 96.2 Å². The van der Waals surface area contributed by atoms with Crippen LogP contribution in [0.15, 0.2) is 146 Å². The molecule has 1 aliphatic heterocycles. The number of nitrogens with zero attached hydrogens (tertiary/aromatic N) is 1. The van der Waals surface area contributed by atoms with Crippen molar-refractivity contribution >= 4 is 139 Å². The number of phenols is 1. The minimum absolute atomic E-state index is 0.156. The van der Waals surface area contributed by atoms with Crippen LogP contribution in [0.3, 0.4) is 0 Å². The lowest BCUT2D eigenvalue weighted by Gasteiger charge is -2.32. The average Bonchev–Trinajstić information content (AvgIpc) is 1.68. The Bertz CT molecular complexity index is 5590. The van der Waals surface area contributed by atoms with Crippen LogP contribution in [0.25, 0.3) is 32.7 Å². The summed E-state index contributed by atoms with van der Waals surface area (Å²) in [6.07, 6.45) is -3.69. The summed E-state index contributed by atoms with van der Waals surface area (Å²) in [6, 6.07) is 10.1. The van der Waals surface area contributed by atoms with Gasteiger partial charge in [-0.3, -0.25) is 76.7 Å². The van der Waals surface area contributed by atoms with E-state index >= 15 is 38.4 Å². The second-order valence-corrected chi connectivity index (χ2v) is 36.0. The van der Waals surface area contributed by atoms with E-state index in [1.165, 1.54) is 43.7 Å². The van der Waals surface area contributed by atoms with Crippen molar-refractivity contribution < 1.29 is 107 Å². The number of aliphatic hydroxyl groups is 5. The Morgan fingerprint density at radius 2 is 0.752 bits per heavy atom. The lowest BCUT2D eigenvalue weighted by atomic mass is 9.93. The summed E-state index contributed by atoms with van der Waals surface area (Å²) in [4.78, 5) is 246. The molecule has 25 N–H and O–H groups in total. The molecule has 738 valence electrons. The number of hydrogen-bond donors (Lipinski definition) is 24. The van der Waals surface area contributed by atoms with E-state index in [0.29, 0.717) is 72.3 Å². The summed E-state index contributed by atoms with van der Waals surface area (Å²) in [7, 11) is 1.23. The second kappa shape index (κ2) is 50.1. The molecule has 0 aliphatic carbocycles. The topological polar surface area (TPSA) is 640 Å². The van der Waals surface area contributed by atoms with Crippen LogP contribution in [0.4, 0.5) is 0 Å². The number of carbonyl (C=O) groups is 16. The largest absolute Gasteiger partial charge is 0.508 e.